The third-order valence-corrected chi connectivity index (χ3v) is 3.60. The molecule has 0 fully saturated rings. The zero-order valence-electron chi connectivity index (χ0n) is 13.3. The van der Waals surface area contributed by atoms with E-state index in [2.05, 4.69) is 10.9 Å². The van der Waals surface area contributed by atoms with Crippen molar-refractivity contribution in [2.24, 2.45) is 0 Å². The van der Waals surface area contributed by atoms with Gasteiger partial charge in [-0.2, -0.15) is 0 Å². The number of halogens is 1. The van der Waals surface area contributed by atoms with Gasteiger partial charge < -0.3 is 4.42 Å². The van der Waals surface area contributed by atoms with Crippen molar-refractivity contribution in [3.63, 3.8) is 0 Å². The number of hydrazine groups is 1. The highest BCUT2D eigenvalue weighted by molar-refractivity contribution is 6.30. The summed E-state index contributed by atoms with van der Waals surface area (Å²) >= 11 is 5.76. The molecule has 24 heavy (non-hydrogen) atoms. The molecule has 2 rings (SSSR count). The molecule has 126 valence electrons. The van der Waals surface area contributed by atoms with Crippen molar-refractivity contribution in [3.05, 3.63) is 58.0 Å². The Morgan fingerprint density at radius 2 is 1.71 bits per heavy atom. The molecule has 0 aliphatic rings. The summed E-state index contributed by atoms with van der Waals surface area (Å²) in [5.41, 5.74) is 5.42. The fourth-order valence-electron chi connectivity index (χ4n) is 2.12. The molecule has 0 atom stereocenters. The van der Waals surface area contributed by atoms with Crippen LogP contribution in [0.25, 0.3) is 0 Å². The van der Waals surface area contributed by atoms with Gasteiger partial charge in [0.15, 0.2) is 5.78 Å². The zero-order chi connectivity index (χ0) is 17.7. The van der Waals surface area contributed by atoms with Crippen molar-refractivity contribution in [2.45, 2.75) is 26.7 Å². The fourth-order valence-corrected chi connectivity index (χ4v) is 2.25. The molecule has 0 saturated carbocycles. The predicted octanol–water partition coefficient (Wildman–Crippen LogP) is 2.97. The highest BCUT2D eigenvalue weighted by Gasteiger charge is 2.15. The van der Waals surface area contributed by atoms with Gasteiger partial charge in [-0.3, -0.25) is 25.2 Å². The van der Waals surface area contributed by atoms with Crippen LogP contribution in [0.5, 0.6) is 0 Å². The Bertz CT molecular complexity index is 765. The summed E-state index contributed by atoms with van der Waals surface area (Å²) in [4.78, 5) is 35.6. The molecule has 1 heterocycles. The Hall–Kier alpha value is -2.60. The van der Waals surface area contributed by atoms with Crippen LogP contribution in [0.3, 0.4) is 0 Å². The summed E-state index contributed by atoms with van der Waals surface area (Å²) in [5, 5.41) is 0.539. The number of hydrogen-bond donors (Lipinski definition) is 2. The lowest BCUT2D eigenvalue weighted by molar-refractivity contribution is -0.121. The number of ketones is 1. The maximum Gasteiger partial charge on any atom is 0.273 e. The van der Waals surface area contributed by atoms with Crippen LogP contribution in [0, 0.1) is 13.8 Å². The SMILES string of the molecule is Cc1cc(C(=O)NNC(=O)CCC(=O)c2ccc(Cl)cc2)c(C)o1. The molecule has 6 nitrogen and oxygen atoms in total. The van der Waals surface area contributed by atoms with Crippen LogP contribution in [-0.4, -0.2) is 17.6 Å². The molecule has 0 aliphatic carbocycles. The Morgan fingerprint density at radius 1 is 1.04 bits per heavy atom. The van der Waals surface area contributed by atoms with Gasteiger partial charge in [-0.25, -0.2) is 0 Å². The number of benzene rings is 1. The number of amides is 2. The fraction of sp³-hybridized carbons (Fsp3) is 0.235. The zero-order valence-corrected chi connectivity index (χ0v) is 14.1. The third-order valence-electron chi connectivity index (χ3n) is 3.35. The lowest BCUT2D eigenvalue weighted by Gasteiger charge is -2.06. The Balaban J connectivity index is 1.79. The van der Waals surface area contributed by atoms with Crippen LogP contribution >= 0.6 is 11.6 Å². The monoisotopic (exact) mass is 348 g/mol. The second-order valence-corrected chi connectivity index (χ2v) is 5.70. The Kier molecular flexibility index (Phi) is 5.76. The average Bonchev–Trinajstić information content (AvgIpc) is 2.89. The van der Waals surface area contributed by atoms with Gasteiger partial charge in [0.25, 0.3) is 5.91 Å². The first-order valence-corrected chi connectivity index (χ1v) is 7.69. The number of rotatable bonds is 5. The van der Waals surface area contributed by atoms with Gasteiger partial charge in [-0.1, -0.05) is 11.6 Å². The maximum absolute atomic E-state index is 11.9. The number of aryl methyl sites for hydroxylation is 2. The quantitative estimate of drug-likeness (QED) is 0.642. The van der Waals surface area contributed by atoms with Crippen LogP contribution in [0.4, 0.5) is 0 Å². The molecule has 0 saturated heterocycles. The van der Waals surface area contributed by atoms with Gasteiger partial charge in [-0.05, 0) is 44.2 Å². The van der Waals surface area contributed by atoms with E-state index in [1.54, 1.807) is 44.2 Å². The van der Waals surface area contributed by atoms with E-state index in [4.69, 9.17) is 16.0 Å². The highest BCUT2D eigenvalue weighted by Crippen LogP contribution is 2.13. The second-order valence-electron chi connectivity index (χ2n) is 5.26. The molecule has 1 aromatic heterocycles. The largest absolute Gasteiger partial charge is 0.466 e. The second kappa shape index (κ2) is 7.79. The van der Waals surface area contributed by atoms with Crippen molar-refractivity contribution in [2.75, 3.05) is 0 Å². The standard InChI is InChI=1S/C17H17ClN2O4/c1-10-9-14(11(2)24-10)17(23)20-19-16(22)8-7-15(21)12-3-5-13(18)6-4-12/h3-6,9H,7-8H2,1-2H3,(H,19,22)(H,20,23). The van der Waals surface area contributed by atoms with Crippen LogP contribution in [0.15, 0.2) is 34.7 Å². The van der Waals surface area contributed by atoms with Crippen LogP contribution < -0.4 is 10.9 Å². The summed E-state index contributed by atoms with van der Waals surface area (Å²) in [6, 6.07) is 8.03. The number of furan rings is 1. The molecule has 1 aromatic carbocycles. The topological polar surface area (TPSA) is 88.4 Å². The van der Waals surface area contributed by atoms with E-state index in [1.807, 2.05) is 0 Å². The Labute approximate surface area is 144 Å². The van der Waals surface area contributed by atoms with E-state index < -0.39 is 11.8 Å². The molecule has 2 N–H and O–H groups in total. The molecule has 0 aliphatic heterocycles. The Morgan fingerprint density at radius 3 is 2.29 bits per heavy atom. The first kappa shape index (κ1) is 17.7. The van der Waals surface area contributed by atoms with Gasteiger partial charge in [0.1, 0.15) is 11.5 Å². The first-order chi connectivity index (χ1) is 11.4. The lowest BCUT2D eigenvalue weighted by atomic mass is 10.1. The molecule has 0 unspecified atom stereocenters. The normalized spacial score (nSPS) is 10.3. The van der Waals surface area contributed by atoms with Gasteiger partial charge in [0.2, 0.25) is 5.91 Å². The summed E-state index contributed by atoms with van der Waals surface area (Å²) in [7, 11) is 0. The van der Waals surface area contributed by atoms with E-state index >= 15 is 0 Å². The van der Waals surface area contributed by atoms with E-state index in [-0.39, 0.29) is 18.6 Å². The molecule has 2 amide bonds. The molecular formula is C17H17ClN2O4. The predicted molar refractivity (Wildman–Crippen MR) is 88.8 cm³/mol. The van der Waals surface area contributed by atoms with Crippen molar-refractivity contribution in [1.29, 1.82) is 0 Å². The van der Waals surface area contributed by atoms with E-state index in [0.717, 1.165) is 0 Å². The molecule has 0 radical (unpaired) electrons. The smallest absolute Gasteiger partial charge is 0.273 e. The van der Waals surface area contributed by atoms with Crippen molar-refractivity contribution in [3.8, 4) is 0 Å². The molecule has 2 aromatic rings. The van der Waals surface area contributed by atoms with Gasteiger partial charge >= 0.3 is 0 Å². The minimum absolute atomic E-state index is 0.0349. The van der Waals surface area contributed by atoms with Crippen molar-refractivity contribution in [1.82, 2.24) is 10.9 Å². The van der Waals surface area contributed by atoms with E-state index in [1.165, 1.54) is 0 Å². The average molecular weight is 349 g/mol. The van der Waals surface area contributed by atoms with E-state index in [0.29, 0.717) is 27.7 Å². The molecular weight excluding hydrogens is 332 g/mol. The van der Waals surface area contributed by atoms with Crippen molar-refractivity contribution < 1.29 is 18.8 Å². The minimum Gasteiger partial charge on any atom is -0.466 e. The molecule has 0 bridgehead atoms. The van der Waals surface area contributed by atoms with Gasteiger partial charge in [0, 0.05) is 23.4 Å². The minimum atomic E-state index is -0.471. The van der Waals surface area contributed by atoms with Gasteiger partial charge in [0.05, 0.1) is 5.56 Å². The molecule has 7 heteroatoms. The maximum atomic E-state index is 11.9. The third kappa shape index (κ3) is 4.70. The number of nitrogens with one attached hydrogen (secondary N) is 2. The van der Waals surface area contributed by atoms with Crippen LogP contribution in [0.1, 0.15) is 45.1 Å². The summed E-state index contributed by atoms with van der Waals surface area (Å²) in [6.07, 6.45) is -0.00167. The van der Waals surface area contributed by atoms with Gasteiger partial charge in [-0.15, -0.1) is 0 Å². The summed E-state index contributed by atoms with van der Waals surface area (Å²) < 4.78 is 5.25. The lowest BCUT2D eigenvalue weighted by Crippen LogP contribution is -2.41. The number of carbonyl (C=O) groups is 3. The van der Waals surface area contributed by atoms with E-state index in [9.17, 15) is 14.4 Å². The first-order valence-electron chi connectivity index (χ1n) is 7.32. The number of carbonyl (C=O) groups excluding carboxylic acids is 3. The molecule has 0 spiro atoms. The summed E-state index contributed by atoms with van der Waals surface area (Å²) in [5.74, 6) is -0.0191. The number of Topliss-reactive ketones (excluding diaryl/α,β-unsaturated/α-hetero) is 1. The van der Waals surface area contributed by atoms with Crippen molar-refractivity contribution >= 4 is 29.2 Å². The summed E-state index contributed by atoms with van der Waals surface area (Å²) in [6.45, 7) is 3.39. The van der Waals surface area contributed by atoms with Crippen LogP contribution in [-0.2, 0) is 4.79 Å². The van der Waals surface area contributed by atoms with Crippen LogP contribution in [0.2, 0.25) is 5.02 Å². The highest BCUT2D eigenvalue weighted by atomic mass is 35.5. The number of hydrogen-bond acceptors (Lipinski definition) is 4.